The van der Waals surface area contributed by atoms with E-state index in [9.17, 15) is 15.0 Å². The molecule has 0 atom stereocenters. The lowest BCUT2D eigenvalue weighted by Crippen LogP contribution is -3.00. The average molecular weight is 481 g/mol. The second kappa shape index (κ2) is 14.3. The third-order valence-electron chi connectivity index (χ3n) is 5.00. The molecule has 0 aliphatic carbocycles. The second-order valence-electron chi connectivity index (χ2n) is 7.90. The summed E-state index contributed by atoms with van der Waals surface area (Å²) in [5.41, 5.74) is -1.54. The Labute approximate surface area is 191 Å². The van der Waals surface area contributed by atoms with E-state index in [4.69, 9.17) is 5.11 Å². The number of unbranched alkanes of at least 4 members (excludes halogenated alkanes) is 3. The summed E-state index contributed by atoms with van der Waals surface area (Å²) >= 11 is 0. The third kappa shape index (κ3) is 8.96. The van der Waals surface area contributed by atoms with Gasteiger partial charge in [-0.2, -0.15) is 0 Å². The maximum absolute atomic E-state index is 11.3. The Hall–Kier alpha value is -1.73. The van der Waals surface area contributed by atoms with E-state index in [1.54, 1.807) is 60.7 Å². The zero-order valence-electron chi connectivity index (χ0n) is 18.3. The SMILES string of the molecule is CCCCCC[N+](C)(C)CCO.O=C([O-])C(O)(c1ccccc1)c1ccccc1.[Br-]. The van der Waals surface area contributed by atoms with Gasteiger partial charge in [0.05, 0.1) is 33.2 Å². The van der Waals surface area contributed by atoms with Crippen LogP contribution < -0.4 is 22.1 Å². The Morgan fingerprint density at radius 2 is 1.37 bits per heavy atom. The van der Waals surface area contributed by atoms with Crippen molar-refractivity contribution in [3.8, 4) is 0 Å². The van der Waals surface area contributed by atoms with Gasteiger partial charge in [0, 0.05) is 0 Å². The maximum atomic E-state index is 11.3. The minimum atomic E-state index is -2.11. The lowest BCUT2D eigenvalue weighted by atomic mass is 9.86. The smallest absolute Gasteiger partial charge is 0.154 e. The fourth-order valence-corrected chi connectivity index (χ4v) is 3.11. The molecular weight excluding hydrogens is 446 g/mol. The van der Waals surface area contributed by atoms with Crippen LogP contribution in [0.2, 0.25) is 0 Å². The molecule has 0 aliphatic rings. The summed E-state index contributed by atoms with van der Waals surface area (Å²) < 4.78 is 0.959. The van der Waals surface area contributed by atoms with E-state index >= 15 is 0 Å². The number of likely N-dealkylation sites (N-methyl/N-ethyl adjacent to an activating group) is 1. The zero-order chi connectivity index (χ0) is 21.8. The Morgan fingerprint density at radius 1 is 0.900 bits per heavy atom. The van der Waals surface area contributed by atoms with Crippen molar-refractivity contribution in [3.63, 3.8) is 0 Å². The summed E-state index contributed by atoms with van der Waals surface area (Å²) in [6, 6.07) is 16.4. The van der Waals surface area contributed by atoms with Crippen LogP contribution in [0, 0.1) is 0 Å². The number of rotatable bonds is 10. The van der Waals surface area contributed by atoms with E-state index in [1.165, 1.54) is 32.2 Å². The van der Waals surface area contributed by atoms with Crippen LogP contribution in [0.25, 0.3) is 0 Å². The molecule has 0 bridgehead atoms. The number of nitrogens with zero attached hydrogens (tertiary/aromatic N) is 1. The summed E-state index contributed by atoms with van der Waals surface area (Å²) in [4.78, 5) is 11.3. The number of hydrogen-bond acceptors (Lipinski definition) is 4. The molecule has 0 saturated carbocycles. The van der Waals surface area contributed by atoms with Gasteiger partial charge in [0.2, 0.25) is 0 Å². The number of aliphatic hydroxyl groups excluding tert-OH is 1. The minimum absolute atomic E-state index is 0. The van der Waals surface area contributed by atoms with Crippen molar-refractivity contribution in [2.24, 2.45) is 0 Å². The number of benzene rings is 2. The molecule has 2 aromatic carbocycles. The van der Waals surface area contributed by atoms with Gasteiger partial charge in [0.25, 0.3) is 0 Å². The van der Waals surface area contributed by atoms with Crippen LogP contribution in [0.15, 0.2) is 60.7 Å². The monoisotopic (exact) mass is 480 g/mol. The summed E-state index contributed by atoms with van der Waals surface area (Å²) in [6.45, 7) is 4.61. The topological polar surface area (TPSA) is 80.6 Å². The van der Waals surface area contributed by atoms with Gasteiger partial charge in [-0.3, -0.25) is 0 Å². The van der Waals surface area contributed by atoms with Crippen LogP contribution in [0.5, 0.6) is 0 Å². The molecule has 168 valence electrons. The van der Waals surface area contributed by atoms with Crippen molar-refractivity contribution in [2.45, 2.75) is 38.2 Å². The molecule has 0 saturated heterocycles. The van der Waals surface area contributed by atoms with Crippen molar-refractivity contribution in [3.05, 3.63) is 71.8 Å². The van der Waals surface area contributed by atoms with Gasteiger partial charge in [-0.05, 0) is 24.0 Å². The van der Waals surface area contributed by atoms with Crippen LogP contribution in [0.4, 0.5) is 0 Å². The molecule has 0 aliphatic heterocycles. The number of aliphatic carboxylic acids is 1. The molecule has 6 heteroatoms. The number of carbonyl (C=O) groups excluding carboxylic acids is 1. The highest BCUT2D eigenvalue weighted by molar-refractivity contribution is 5.81. The van der Waals surface area contributed by atoms with E-state index in [0.29, 0.717) is 6.61 Å². The molecular formula is C24H35BrNO4-. The summed E-state index contributed by atoms with van der Waals surface area (Å²) in [5.74, 6) is -1.53. The van der Waals surface area contributed by atoms with Crippen LogP contribution in [-0.2, 0) is 10.4 Å². The van der Waals surface area contributed by atoms with Gasteiger partial charge in [-0.25, -0.2) is 0 Å². The number of carboxylic acids is 1. The van der Waals surface area contributed by atoms with Crippen molar-refractivity contribution in [1.29, 1.82) is 0 Å². The quantitative estimate of drug-likeness (QED) is 0.348. The first-order valence-corrected chi connectivity index (χ1v) is 10.3. The zero-order valence-corrected chi connectivity index (χ0v) is 19.8. The predicted octanol–water partition coefficient (Wildman–Crippen LogP) is -0.688. The summed E-state index contributed by atoms with van der Waals surface area (Å²) in [7, 11) is 4.37. The van der Waals surface area contributed by atoms with Crippen LogP contribution in [0.1, 0.15) is 43.7 Å². The first kappa shape index (κ1) is 28.3. The van der Waals surface area contributed by atoms with E-state index in [-0.39, 0.29) is 28.1 Å². The molecule has 0 radical (unpaired) electrons. The summed E-state index contributed by atoms with van der Waals surface area (Å²) in [6.07, 6.45) is 5.27. The first-order valence-electron chi connectivity index (χ1n) is 10.3. The van der Waals surface area contributed by atoms with Crippen LogP contribution in [-0.4, -0.2) is 54.5 Å². The predicted molar refractivity (Wildman–Crippen MR) is 114 cm³/mol. The van der Waals surface area contributed by atoms with E-state index < -0.39 is 11.6 Å². The lowest BCUT2D eigenvalue weighted by Gasteiger charge is -2.30. The van der Waals surface area contributed by atoms with E-state index in [1.807, 2.05) is 0 Å². The minimum Gasteiger partial charge on any atom is -1.00 e. The first-order chi connectivity index (χ1) is 13.8. The fraction of sp³-hybridized carbons (Fsp3) is 0.458. The number of halogens is 1. The number of carbonyl (C=O) groups is 1. The molecule has 0 unspecified atom stereocenters. The molecule has 0 aromatic heterocycles. The third-order valence-corrected chi connectivity index (χ3v) is 5.00. The number of carboxylic acid groups (broad SMARTS) is 1. The van der Waals surface area contributed by atoms with Gasteiger partial charge in [0.1, 0.15) is 6.54 Å². The van der Waals surface area contributed by atoms with Crippen molar-refractivity contribution >= 4 is 5.97 Å². The molecule has 0 spiro atoms. The highest BCUT2D eigenvalue weighted by Crippen LogP contribution is 2.28. The fourth-order valence-electron chi connectivity index (χ4n) is 3.11. The molecule has 0 heterocycles. The number of hydrogen-bond donors (Lipinski definition) is 2. The standard InChI is InChI=1S/C14H12O3.C10H24NO.BrH/c15-13(16)14(17,11-7-3-1-4-8-11)12-9-5-2-6-10-12;1-4-5-6-7-8-11(2,3)9-10-12;/h1-10,17H,(H,15,16);12H,4-10H2,1-3H3;1H/q;+1;/p-2. The van der Waals surface area contributed by atoms with Gasteiger partial charge >= 0.3 is 0 Å². The van der Waals surface area contributed by atoms with Gasteiger partial charge in [-0.1, -0.05) is 80.4 Å². The molecule has 0 amide bonds. The van der Waals surface area contributed by atoms with Gasteiger partial charge in [-0.15, -0.1) is 0 Å². The molecule has 0 fully saturated rings. The average Bonchev–Trinajstić information content (AvgIpc) is 2.72. The van der Waals surface area contributed by atoms with Crippen molar-refractivity contribution in [2.75, 3.05) is 33.8 Å². The second-order valence-corrected chi connectivity index (χ2v) is 7.90. The van der Waals surface area contributed by atoms with Crippen molar-refractivity contribution in [1.82, 2.24) is 0 Å². The Kier molecular flexibility index (Phi) is 13.5. The molecule has 2 N–H and O–H groups in total. The van der Waals surface area contributed by atoms with Gasteiger partial charge in [0.15, 0.2) is 5.60 Å². The molecule has 2 aromatic rings. The van der Waals surface area contributed by atoms with E-state index in [0.717, 1.165) is 11.0 Å². The van der Waals surface area contributed by atoms with E-state index in [2.05, 4.69) is 21.0 Å². The Balaban J connectivity index is 0.000000579. The molecule has 30 heavy (non-hydrogen) atoms. The van der Waals surface area contributed by atoms with Crippen LogP contribution in [0.3, 0.4) is 0 Å². The molecule has 5 nitrogen and oxygen atoms in total. The van der Waals surface area contributed by atoms with Crippen molar-refractivity contribution < 1.29 is 41.6 Å². The number of quaternary nitrogens is 1. The maximum Gasteiger partial charge on any atom is 0.154 e. The normalized spacial score (nSPS) is 11.1. The number of aliphatic hydroxyl groups is 2. The lowest BCUT2D eigenvalue weighted by molar-refractivity contribution is -0.890. The van der Waals surface area contributed by atoms with Gasteiger partial charge < -0.3 is 41.6 Å². The summed E-state index contributed by atoms with van der Waals surface area (Å²) in [5, 5.41) is 30.4. The van der Waals surface area contributed by atoms with Crippen LogP contribution >= 0.6 is 0 Å². The highest BCUT2D eigenvalue weighted by Gasteiger charge is 2.32. The molecule has 2 rings (SSSR count). The Morgan fingerprint density at radius 3 is 1.73 bits per heavy atom. The largest absolute Gasteiger partial charge is 1.00 e. The highest BCUT2D eigenvalue weighted by atomic mass is 79.9. The Bertz CT molecular complexity index is 668.